The van der Waals surface area contributed by atoms with Gasteiger partial charge in [0.15, 0.2) is 17.5 Å². The maximum Gasteiger partial charge on any atom is 0.166 e. The topological polar surface area (TPSA) is 51.6 Å². The van der Waals surface area contributed by atoms with Crippen molar-refractivity contribution in [3.05, 3.63) is 146 Å². The van der Waals surface area contributed by atoms with Gasteiger partial charge in [-0.2, -0.15) is 0 Å². The van der Waals surface area contributed by atoms with Crippen LogP contribution in [0, 0.1) is 0 Å². The largest absolute Gasteiger partial charge is 0.235 e. The molecule has 6 aromatic carbocycles. The highest BCUT2D eigenvalue weighted by Crippen LogP contribution is 2.41. The second-order valence-corrected chi connectivity index (χ2v) is 13.2. The van der Waals surface area contributed by atoms with E-state index in [1.165, 1.54) is 31.3 Å². The molecule has 0 bridgehead atoms. The van der Waals surface area contributed by atoms with E-state index in [9.17, 15) is 0 Å². The molecule has 0 radical (unpaired) electrons. The van der Waals surface area contributed by atoms with Gasteiger partial charge in [-0.15, -0.1) is 22.7 Å². The van der Waals surface area contributed by atoms with Crippen molar-refractivity contribution in [3.8, 4) is 55.9 Å². The van der Waals surface area contributed by atoms with Crippen LogP contribution < -0.4 is 0 Å². The highest BCUT2D eigenvalue weighted by Gasteiger charge is 2.19. The molecule has 0 aliphatic rings. The molecule has 0 atom stereocenters. The van der Waals surface area contributed by atoms with E-state index in [1.54, 1.807) is 22.7 Å². The monoisotopic (exact) mass is 624 g/mol. The van der Waals surface area contributed by atoms with Crippen LogP contribution in [-0.4, -0.2) is 19.9 Å². The van der Waals surface area contributed by atoms with E-state index in [4.69, 9.17) is 19.9 Å². The third kappa shape index (κ3) is 4.67. The minimum Gasteiger partial charge on any atom is -0.235 e. The molecule has 0 saturated carbocycles. The average molecular weight is 625 g/mol. The predicted molar refractivity (Wildman–Crippen MR) is 193 cm³/mol. The van der Waals surface area contributed by atoms with Crippen LogP contribution >= 0.6 is 22.7 Å². The fourth-order valence-corrected chi connectivity index (χ4v) is 8.17. The lowest BCUT2D eigenvalue weighted by Gasteiger charge is -2.09. The van der Waals surface area contributed by atoms with E-state index in [-0.39, 0.29) is 0 Å². The molecule has 6 heteroatoms. The Balaban J connectivity index is 1.23. The van der Waals surface area contributed by atoms with Crippen LogP contribution in [0.3, 0.4) is 0 Å². The van der Waals surface area contributed by atoms with Gasteiger partial charge in [0.1, 0.15) is 5.01 Å². The molecular weight excluding hydrogens is 601 g/mol. The number of thiazole rings is 1. The van der Waals surface area contributed by atoms with Crippen molar-refractivity contribution in [2.75, 3.05) is 0 Å². The van der Waals surface area contributed by atoms with E-state index in [1.807, 2.05) is 36.4 Å². The SMILES string of the molecule is c1ccc(-c2cccc(-c3nc4c(-c5nc(-c6ccccc6)nc(-c6cccc7c6sc6ccccc67)n5)cccc4s3)c2)cc1. The van der Waals surface area contributed by atoms with Gasteiger partial charge in [0, 0.05) is 42.4 Å². The van der Waals surface area contributed by atoms with Gasteiger partial charge in [-0.3, -0.25) is 0 Å². The fourth-order valence-electron chi connectivity index (χ4n) is 5.97. The van der Waals surface area contributed by atoms with Crippen LogP contribution in [0.15, 0.2) is 146 Å². The van der Waals surface area contributed by atoms with Crippen molar-refractivity contribution in [2.45, 2.75) is 0 Å². The number of nitrogens with zero attached hydrogens (tertiary/aromatic N) is 4. The van der Waals surface area contributed by atoms with Gasteiger partial charge in [-0.25, -0.2) is 19.9 Å². The molecule has 46 heavy (non-hydrogen) atoms. The van der Waals surface area contributed by atoms with E-state index >= 15 is 0 Å². The molecule has 0 aliphatic heterocycles. The normalized spacial score (nSPS) is 11.5. The minimum atomic E-state index is 0.613. The number of hydrogen-bond acceptors (Lipinski definition) is 6. The summed E-state index contributed by atoms with van der Waals surface area (Å²) in [4.78, 5) is 20.5. The van der Waals surface area contributed by atoms with Crippen molar-refractivity contribution in [2.24, 2.45) is 0 Å². The van der Waals surface area contributed by atoms with Crippen molar-refractivity contribution < 1.29 is 0 Å². The van der Waals surface area contributed by atoms with Crippen LogP contribution in [0.5, 0.6) is 0 Å². The van der Waals surface area contributed by atoms with Crippen LogP contribution in [0.1, 0.15) is 0 Å². The van der Waals surface area contributed by atoms with Crippen LogP contribution in [0.2, 0.25) is 0 Å². The molecule has 3 heterocycles. The zero-order valence-corrected chi connectivity index (χ0v) is 26.1. The molecular formula is C40H24N4S2. The highest BCUT2D eigenvalue weighted by atomic mass is 32.1. The zero-order chi connectivity index (χ0) is 30.5. The zero-order valence-electron chi connectivity index (χ0n) is 24.5. The lowest BCUT2D eigenvalue weighted by Crippen LogP contribution is -2.00. The summed E-state index contributed by atoms with van der Waals surface area (Å²) in [6.45, 7) is 0. The van der Waals surface area contributed by atoms with Gasteiger partial charge in [0.25, 0.3) is 0 Å². The molecule has 0 unspecified atom stereocenters. The smallest absolute Gasteiger partial charge is 0.166 e. The number of thiophene rings is 1. The van der Waals surface area contributed by atoms with Gasteiger partial charge >= 0.3 is 0 Å². The summed E-state index contributed by atoms with van der Waals surface area (Å²) in [6.07, 6.45) is 0. The minimum absolute atomic E-state index is 0.613. The number of rotatable bonds is 5. The molecule has 3 aromatic heterocycles. The summed E-state index contributed by atoms with van der Waals surface area (Å²) in [7, 11) is 0. The quantitative estimate of drug-likeness (QED) is 0.191. The van der Waals surface area contributed by atoms with Crippen molar-refractivity contribution in [1.82, 2.24) is 19.9 Å². The Labute approximate surface area is 273 Å². The summed E-state index contributed by atoms with van der Waals surface area (Å²) in [6, 6.07) is 50.4. The molecule has 0 spiro atoms. The fraction of sp³-hybridized carbons (Fsp3) is 0. The Kier molecular flexibility index (Phi) is 6.47. The van der Waals surface area contributed by atoms with Gasteiger partial charge < -0.3 is 0 Å². The van der Waals surface area contributed by atoms with Crippen LogP contribution in [0.25, 0.3) is 86.3 Å². The summed E-state index contributed by atoms with van der Waals surface area (Å²) in [5.41, 5.74) is 7.18. The standard InChI is InChI=1S/C40H24N4S2/c1-3-12-25(13-4-1)27-16-9-17-28(24-27)40-41-35-31(20-11-23-34(35)46-40)38-42-37(26-14-5-2-6-15-26)43-39(44-38)32-21-10-19-30-29-18-7-8-22-33(29)45-36(30)32/h1-24H. The molecule has 4 nitrogen and oxygen atoms in total. The van der Waals surface area contributed by atoms with E-state index < -0.39 is 0 Å². The van der Waals surface area contributed by atoms with E-state index in [0.717, 1.165) is 37.5 Å². The third-order valence-corrected chi connectivity index (χ3v) is 10.5. The Hall–Kier alpha value is -5.56. The molecule has 9 aromatic rings. The Morgan fingerprint density at radius 1 is 0.370 bits per heavy atom. The van der Waals surface area contributed by atoms with Gasteiger partial charge in [-0.05, 0) is 41.5 Å². The highest BCUT2D eigenvalue weighted by molar-refractivity contribution is 7.26. The van der Waals surface area contributed by atoms with Gasteiger partial charge in [-0.1, -0.05) is 115 Å². The average Bonchev–Trinajstić information content (AvgIpc) is 3.74. The van der Waals surface area contributed by atoms with Crippen LogP contribution in [0.4, 0.5) is 0 Å². The number of aromatic nitrogens is 4. The van der Waals surface area contributed by atoms with Gasteiger partial charge in [0.2, 0.25) is 0 Å². The second kappa shape index (κ2) is 11.1. The molecule has 0 N–H and O–H groups in total. The maximum atomic E-state index is 5.20. The first-order valence-electron chi connectivity index (χ1n) is 15.1. The molecule has 0 saturated heterocycles. The lowest BCUT2D eigenvalue weighted by molar-refractivity contribution is 1.08. The first-order chi connectivity index (χ1) is 22.8. The summed E-state index contributed by atoms with van der Waals surface area (Å²) >= 11 is 3.47. The number of fused-ring (bicyclic) bond motifs is 4. The Morgan fingerprint density at radius 2 is 0.957 bits per heavy atom. The lowest BCUT2D eigenvalue weighted by atomic mass is 10.0. The maximum absolute atomic E-state index is 5.20. The molecule has 0 fully saturated rings. The van der Waals surface area contributed by atoms with E-state index in [2.05, 4.69) is 109 Å². The number of para-hydroxylation sites is 1. The second-order valence-electron chi connectivity index (χ2n) is 11.1. The summed E-state index contributed by atoms with van der Waals surface area (Å²) < 4.78 is 3.51. The molecule has 216 valence electrons. The number of hydrogen-bond donors (Lipinski definition) is 0. The van der Waals surface area contributed by atoms with Gasteiger partial charge in [0.05, 0.1) is 10.2 Å². The summed E-state index contributed by atoms with van der Waals surface area (Å²) in [5, 5.41) is 3.43. The summed E-state index contributed by atoms with van der Waals surface area (Å²) in [5.74, 6) is 1.91. The molecule has 9 rings (SSSR count). The Morgan fingerprint density at radius 3 is 1.80 bits per heavy atom. The van der Waals surface area contributed by atoms with Crippen molar-refractivity contribution in [1.29, 1.82) is 0 Å². The third-order valence-electron chi connectivity index (χ3n) is 8.19. The van der Waals surface area contributed by atoms with Crippen molar-refractivity contribution in [3.63, 3.8) is 0 Å². The molecule has 0 amide bonds. The van der Waals surface area contributed by atoms with Crippen LogP contribution in [-0.2, 0) is 0 Å². The first kappa shape index (κ1) is 26.8. The Bertz CT molecular complexity index is 2540. The molecule has 0 aliphatic carbocycles. The van der Waals surface area contributed by atoms with Crippen molar-refractivity contribution >= 4 is 53.1 Å². The van der Waals surface area contributed by atoms with E-state index in [0.29, 0.717) is 17.5 Å². The number of benzene rings is 6. The first-order valence-corrected chi connectivity index (χ1v) is 16.7. The predicted octanol–water partition coefficient (Wildman–Crippen LogP) is 11.2.